The van der Waals surface area contributed by atoms with Gasteiger partial charge in [-0.25, -0.2) is 0 Å². The fourth-order valence-corrected chi connectivity index (χ4v) is 12.4. The predicted octanol–water partition coefficient (Wildman–Crippen LogP) is 5.89. The molecule has 6 aliphatic rings. The van der Waals surface area contributed by atoms with Crippen molar-refractivity contribution in [3.05, 3.63) is 64.5 Å². The van der Waals surface area contributed by atoms with Crippen molar-refractivity contribution in [1.29, 1.82) is 0 Å². The molecule has 4 aliphatic heterocycles. The minimum atomic E-state index is -0.897. The van der Waals surface area contributed by atoms with E-state index in [0.29, 0.717) is 25.3 Å². The molecular weight excluding hydrogens is 668 g/mol. The average Bonchev–Trinajstić information content (AvgIpc) is 3.69. The van der Waals surface area contributed by atoms with Crippen molar-refractivity contribution in [2.24, 2.45) is 29.6 Å². The van der Waals surface area contributed by atoms with E-state index in [1.807, 2.05) is 0 Å². The van der Waals surface area contributed by atoms with E-state index in [0.717, 1.165) is 77.6 Å². The molecule has 282 valence electrons. The Kier molecular flexibility index (Phi) is 8.48. The van der Waals surface area contributed by atoms with E-state index < -0.39 is 11.6 Å². The summed E-state index contributed by atoms with van der Waals surface area (Å²) in [5.74, 6) is 0.822. The Balaban J connectivity index is 1.27. The minimum Gasteiger partial charge on any atom is -0.496 e. The number of methoxy groups -OCH3 is 3. The topological polar surface area (TPSA) is 120 Å². The van der Waals surface area contributed by atoms with Gasteiger partial charge in [0, 0.05) is 81.8 Å². The summed E-state index contributed by atoms with van der Waals surface area (Å²) < 4.78 is 17.6. The van der Waals surface area contributed by atoms with Crippen LogP contribution in [-0.2, 0) is 37.3 Å². The second-order valence-corrected chi connectivity index (χ2v) is 16.7. The Morgan fingerprint density at radius 3 is 2.49 bits per heavy atom. The number of para-hydroxylation sites is 1. The summed E-state index contributed by atoms with van der Waals surface area (Å²) in [5.41, 5.74) is 6.74. The number of nitrogens with zero attached hydrogens (tertiary/aromatic N) is 2. The van der Waals surface area contributed by atoms with Gasteiger partial charge in [-0.1, -0.05) is 44.9 Å². The van der Waals surface area contributed by atoms with Crippen molar-refractivity contribution in [3.8, 4) is 5.75 Å². The van der Waals surface area contributed by atoms with Crippen LogP contribution in [0.25, 0.3) is 21.8 Å². The molecular formula is C43H54N4O6. The molecule has 10 rings (SSSR count). The largest absolute Gasteiger partial charge is 0.496 e. The number of hydrogen-bond acceptors (Lipinski definition) is 8. The number of carbonyl (C=O) groups excluding carboxylic acids is 2. The van der Waals surface area contributed by atoms with Gasteiger partial charge in [0.15, 0.2) is 0 Å². The number of fused-ring (bicyclic) bond motifs is 9. The highest BCUT2D eigenvalue weighted by atomic mass is 16.5. The van der Waals surface area contributed by atoms with Gasteiger partial charge >= 0.3 is 11.9 Å². The molecule has 6 bridgehead atoms. The molecule has 6 heterocycles. The van der Waals surface area contributed by atoms with Gasteiger partial charge in [0.2, 0.25) is 0 Å². The molecule has 11 atom stereocenters. The van der Waals surface area contributed by atoms with E-state index in [9.17, 15) is 14.7 Å². The lowest BCUT2D eigenvalue weighted by atomic mass is 9.56. The number of benzene rings is 2. The van der Waals surface area contributed by atoms with Gasteiger partial charge in [-0.15, -0.1) is 0 Å². The van der Waals surface area contributed by atoms with Crippen molar-refractivity contribution >= 4 is 33.7 Å². The Hall–Kier alpha value is -3.86. The summed E-state index contributed by atoms with van der Waals surface area (Å²) >= 11 is 0. The Bertz CT molecular complexity index is 2090. The third-order valence-corrected chi connectivity index (χ3v) is 14.7. The summed E-state index contributed by atoms with van der Waals surface area (Å²) in [5, 5.41) is 13.8. The van der Waals surface area contributed by atoms with Crippen LogP contribution >= 0.6 is 0 Å². The molecule has 4 fully saturated rings. The first-order valence-corrected chi connectivity index (χ1v) is 19.8. The average molecular weight is 723 g/mol. The van der Waals surface area contributed by atoms with Gasteiger partial charge in [0.1, 0.15) is 17.4 Å². The number of ether oxygens (including phenoxy) is 3. The van der Waals surface area contributed by atoms with Crippen LogP contribution in [0.4, 0.5) is 0 Å². The lowest BCUT2D eigenvalue weighted by Gasteiger charge is -2.59. The molecule has 10 nitrogen and oxygen atoms in total. The fraction of sp³-hybridized carbons (Fsp3) is 0.581. The molecule has 2 aromatic carbocycles. The number of nitrogens with one attached hydrogen (secondary N) is 2. The zero-order valence-electron chi connectivity index (χ0n) is 31.9. The van der Waals surface area contributed by atoms with Crippen LogP contribution in [0.15, 0.2) is 36.4 Å². The predicted molar refractivity (Wildman–Crippen MR) is 203 cm³/mol. The Morgan fingerprint density at radius 1 is 0.962 bits per heavy atom. The first-order valence-electron chi connectivity index (χ1n) is 19.8. The number of rotatable bonds is 6. The standard InChI is InChI=1S/C43H54N4O6/c1-7-22-15-24-20-43(42(50)53-6)38-26(13-14-47(39(22)43)40(24)48)28-17-29(35(51-4)19-33(28)45-38)30-16-27-23(8-2)21-46(3)34(36(27)41(49)52-5)18-31-25-11-9-10-12-32(25)44-37(30)31/h9-12,17,19,22-24,27,30,34,36,39-40,44-45,48H,7-8,13-16,18,20-21H2,1-6H3/t22-,23-,24-,27-,30+,34-,36+,39+,40+,43-/m0/s1. The van der Waals surface area contributed by atoms with Gasteiger partial charge in [-0.05, 0) is 80.2 Å². The molecule has 1 unspecified atom stereocenters. The van der Waals surface area contributed by atoms with Crippen molar-refractivity contribution < 1.29 is 28.9 Å². The lowest BCUT2D eigenvalue weighted by Crippen LogP contribution is -2.70. The summed E-state index contributed by atoms with van der Waals surface area (Å²) in [6, 6.07) is 12.8. The highest BCUT2D eigenvalue weighted by Gasteiger charge is 2.65. The molecule has 3 N–H and O–H groups in total. The number of aliphatic hydroxyl groups is 1. The third kappa shape index (κ3) is 4.87. The van der Waals surface area contributed by atoms with Crippen LogP contribution in [0.1, 0.15) is 79.9 Å². The minimum absolute atomic E-state index is 0.00510. The summed E-state index contributed by atoms with van der Waals surface area (Å²) in [6.45, 7) is 6.05. The monoisotopic (exact) mass is 722 g/mol. The van der Waals surface area contributed by atoms with Gasteiger partial charge in [0.25, 0.3) is 0 Å². The van der Waals surface area contributed by atoms with Crippen LogP contribution in [-0.4, -0.2) is 96.6 Å². The fourth-order valence-electron chi connectivity index (χ4n) is 12.4. The highest BCUT2D eigenvalue weighted by molar-refractivity contribution is 5.93. The summed E-state index contributed by atoms with van der Waals surface area (Å²) in [4.78, 5) is 40.4. The van der Waals surface area contributed by atoms with Crippen molar-refractivity contribution in [2.75, 3.05) is 41.5 Å². The maximum Gasteiger partial charge on any atom is 0.319 e. The number of aliphatic hydroxyl groups excluding tert-OH is 1. The molecule has 1 saturated carbocycles. The number of hydrogen-bond donors (Lipinski definition) is 3. The number of piperidine rings is 3. The number of H-pyrrole nitrogens is 2. The first-order chi connectivity index (χ1) is 25.7. The van der Waals surface area contributed by atoms with Crippen LogP contribution in [0.5, 0.6) is 5.75 Å². The van der Waals surface area contributed by atoms with Gasteiger partial charge in [-0.2, -0.15) is 0 Å². The van der Waals surface area contributed by atoms with Crippen molar-refractivity contribution in [3.63, 3.8) is 0 Å². The quantitative estimate of drug-likeness (QED) is 0.211. The number of aromatic nitrogens is 2. The molecule has 4 aromatic rings. The van der Waals surface area contributed by atoms with E-state index in [2.05, 4.69) is 77.1 Å². The third-order valence-electron chi connectivity index (χ3n) is 14.7. The van der Waals surface area contributed by atoms with Crippen molar-refractivity contribution in [1.82, 2.24) is 19.8 Å². The molecule has 2 aliphatic carbocycles. The zero-order valence-corrected chi connectivity index (χ0v) is 31.9. The molecule has 53 heavy (non-hydrogen) atoms. The number of aromatic amines is 2. The smallest absolute Gasteiger partial charge is 0.319 e. The number of carbonyl (C=O) groups is 2. The molecule has 2 aromatic heterocycles. The number of likely N-dealkylation sites (tertiary alicyclic amines) is 1. The molecule has 0 amide bonds. The zero-order chi connectivity index (χ0) is 36.9. The van der Waals surface area contributed by atoms with Gasteiger partial charge < -0.3 is 34.2 Å². The maximum absolute atomic E-state index is 14.3. The van der Waals surface area contributed by atoms with Crippen LogP contribution in [0.3, 0.4) is 0 Å². The van der Waals surface area contributed by atoms with E-state index in [1.165, 1.54) is 30.9 Å². The normalized spacial score (nSPS) is 34.8. The molecule has 10 heteroatoms. The maximum atomic E-state index is 14.3. The lowest BCUT2D eigenvalue weighted by molar-refractivity contribution is -0.196. The van der Waals surface area contributed by atoms with Crippen LogP contribution in [0.2, 0.25) is 0 Å². The van der Waals surface area contributed by atoms with Crippen LogP contribution in [0, 0.1) is 29.6 Å². The summed E-state index contributed by atoms with van der Waals surface area (Å²) in [6.07, 6.45) is 5.05. The second kappa shape index (κ2) is 12.9. The first kappa shape index (κ1) is 34.9. The van der Waals surface area contributed by atoms with E-state index >= 15 is 0 Å². The Labute approximate surface area is 311 Å². The SMILES string of the molecule is CC[C@H]1CN(C)[C@H]2Cc3c([nH]c4ccccc34)[C@@H](c3cc4c5c([nH]c4cc3OC)[C@@]3(C(=O)OC)C[C@@H]4C[C@H](CC)[C@H]3N(CC5)[C@@H]4O)C[C@@H]1[C@H]2C(=O)OC. The number of esters is 2. The Morgan fingerprint density at radius 2 is 1.75 bits per heavy atom. The second-order valence-electron chi connectivity index (χ2n) is 16.7. The molecule has 0 spiro atoms. The highest BCUT2D eigenvalue weighted by Crippen LogP contribution is 2.58. The summed E-state index contributed by atoms with van der Waals surface area (Å²) in [7, 11) is 6.94. The van der Waals surface area contributed by atoms with Gasteiger partial charge in [0.05, 0.1) is 27.2 Å². The molecule has 3 saturated heterocycles. The van der Waals surface area contributed by atoms with E-state index in [1.54, 1.807) is 7.11 Å². The number of likely N-dealkylation sites (N-methyl/N-ethyl adjacent to an activating group) is 1. The van der Waals surface area contributed by atoms with E-state index in [4.69, 9.17) is 14.2 Å². The van der Waals surface area contributed by atoms with E-state index in [-0.39, 0.29) is 53.6 Å². The van der Waals surface area contributed by atoms with Gasteiger partial charge in [-0.3, -0.25) is 14.5 Å². The molecule has 0 radical (unpaired) electrons. The van der Waals surface area contributed by atoms with Crippen LogP contribution < -0.4 is 4.74 Å². The van der Waals surface area contributed by atoms with Crippen molar-refractivity contribution in [2.45, 2.75) is 88.4 Å².